The molecule has 6 heteroatoms. The molecule has 4 nitrogen and oxygen atoms in total. The molecule has 2 rings (SSSR count). The molecule has 0 fully saturated rings. The lowest BCUT2D eigenvalue weighted by atomic mass is 10.1. The zero-order chi connectivity index (χ0) is 14.7. The first-order valence-electron chi connectivity index (χ1n) is 5.88. The molecule has 0 saturated heterocycles. The van der Waals surface area contributed by atoms with Crippen LogP contribution in [0.3, 0.4) is 0 Å². The third-order valence-corrected chi connectivity index (χ3v) is 4.02. The molecule has 0 aliphatic carbocycles. The summed E-state index contributed by atoms with van der Waals surface area (Å²) in [5.74, 6) is 0.191. The highest BCUT2D eigenvalue weighted by atomic mass is 35.5. The van der Waals surface area contributed by atoms with Gasteiger partial charge in [0.25, 0.3) is 5.91 Å². The Labute approximate surface area is 126 Å². The highest BCUT2D eigenvalue weighted by Gasteiger charge is 2.17. The normalized spacial score (nSPS) is 10.3. The van der Waals surface area contributed by atoms with Gasteiger partial charge in [0.1, 0.15) is 11.5 Å². The minimum absolute atomic E-state index is 0.0631. The monoisotopic (exact) mass is 311 g/mol. The fourth-order valence-corrected chi connectivity index (χ4v) is 2.90. The van der Waals surface area contributed by atoms with Crippen molar-refractivity contribution in [1.82, 2.24) is 4.90 Å². The van der Waals surface area contributed by atoms with Gasteiger partial charge in [0.05, 0.1) is 23.6 Å². The fraction of sp³-hybridized carbons (Fsp3) is 0.214. The van der Waals surface area contributed by atoms with Gasteiger partial charge in [-0.25, -0.2) is 0 Å². The molecular weight excluding hydrogens is 298 g/mol. The average molecular weight is 312 g/mol. The van der Waals surface area contributed by atoms with Gasteiger partial charge in [0.2, 0.25) is 0 Å². The Hall–Kier alpha value is -1.72. The minimum Gasteiger partial charge on any atom is -0.507 e. The van der Waals surface area contributed by atoms with Crippen LogP contribution in [0.4, 0.5) is 0 Å². The van der Waals surface area contributed by atoms with Crippen LogP contribution in [0.2, 0.25) is 4.34 Å². The highest BCUT2D eigenvalue weighted by Crippen LogP contribution is 2.26. The lowest BCUT2D eigenvalue weighted by Gasteiger charge is -2.17. The quantitative estimate of drug-likeness (QED) is 0.941. The van der Waals surface area contributed by atoms with Crippen molar-refractivity contribution in [2.75, 3.05) is 14.2 Å². The Kier molecular flexibility index (Phi) is 4.52. The number of thiophene rings is 1. The number of carbonyl (C=O) groups excluding carboxylic acids is 1. The number of hydrogen-bond donors (Lipinski definition) is 1. The molecule has 1 heterocycles. The summed E-state index contributed by atoms with van der Waals surface area (Å²) >= 11 is 7.29. The van der Waals surface area contributed by atoms with Crippen molar-refractivity contribution >= 4 is 28.8 Å². The summed E-state index contributed by atoms with van der Waals surface area (Å²) in [5, 5.41) is 9.80. The molecule has 0 saturated carbocycles. The molecule has 0 aliphatic heterocycles. The molecule has 2 aromatic rings. The molecule has 1 aromatic carbocycles. The van der Waals surface area contributed by atoms with Crippen LogP contribution in [-0.2, 0) is 6.54 Å². The van der Waals surface area contributed by atoms with Crippen LogP contribution in [0.25, 0.3) is 0 Å². The minimum atomic E-state index is -0.272. The van der Waals surface area contributed by atoms with E-state index in [-0.39, 0.29) is 17.2 Å². The zero-order valence-corrected chi connectivity index (χ0v) is 12.7. The lowest BCUT2D eigenvalue weighted by molar-refractivity contribution is 0.0783. The number of nitrogens with zero attached hydrogens (tertiary/aromatic N) is 1. The van der Waals surface area contributed by atoms with Gasteiger partial charge in [-0.2, -0.15) is 0 Å². The van der Waals surface area contributed by atoms with Crippen LogP contribution in [-0.4, -0.2) is 30.1 Å². The van der Waals surface area contributed by atoms with Crippen LogP contribution in [0.1, 0.15) is 15.2 Å². The molecule has 106 valence electrons. The predicted octanol–water partition coefficient (Wildman–Crippen LogP) is 3.39. The van der Waals surface area contributed by atoms with Gasteiger partial charge in [0.15, 0.2) is 0 Å². The number of aromatic hydroxyl groups is 1. The number of amides is 1. The maximum absolute atomic E-state index is 12.3. The summed E-state index contributed by atoms with van der Waals surface area (Å²) in [5.41, 5.74) is 0.217. The van der Waals surface area contributed by atoms with Crippen LogP contribution < -0.4 is 4.74 Å². The average Bonchev–Trinajstić information content (AvgIpc) is 2.84. The van der Waals surface area contributed by atoms with Gasteiger partial charge in [-0.3, -0.25) is 4.79 Å². The molecule has 0 spiro atoms. The first-order valence-corrected chi connectivity index (χ1v) is 7.07. The number of hydrogen-bond acceptors (Lipinski definition) is 4. The molecule has 0 aliphatic rings. The Morgan fingerprint density at radius 3 is 2.75 bits per heavy atom. The molecule has 1 N–H and O–H groups in total. The first kappa shape index (κ1) is 14.7. The van der Waals surface area contributed by atoms with E-state index in [2.05, 4.69) is 0 Å². The van der Waals surface area contributed by atoms with Gasteiger partial charge in [0, 0.05) is 11.9 Å². The lowest BCUT2D eigenvalue weighted by Crippen LogP contribution is -2.25. The Bertz CT molecular complexity index is 627. The summed E-state index contributed by atoms with van der Waals surface area (Å²) in [6.07, 6.45) is 0. The van der Waals surface area contributed by atoms with Crippen molar-refractivity contribution in [3.63, 3.8) is 0 Å². The second-order valence-corrected chi connectivity index (χ2v) is 6.05. The van der Waals surface area contributed by atoms with Crippen molar-refractivity contribution < 1.29 is 14.6 Å². The van der Waals surface area contributed by atoms with Gasteiger partial charge in [-0.05, 0) is 30.3 Å². The van der Waals surface area contributed by atoms with Gasteiger partial charge in [-0.1, -0.05) is 11.6 Å². The van der Waals surface area contributed by atoms with Gasteiger partial charge >= 0.3 is 0 Å². The summed E-state index contributed by atoms with van der Waals surface area (Å²) in [4.78, 5) is 14.8. The van der Waals surface area contributed by atoms with Crippen molar-refractivity contribution in [3.8, 4) is 11.5 Å². The molecular formula is C14H14ClNO3S. The molecule has 0 radical (unpaired) electrons. The number of phenols is 1. The van der Waals surface area contributed by atoms with Crippen LogP contribution in [0, 0.1) is 0 Å². The van der Waals surface area contributed by atoms with Crippen molar-refractivity contribution in [2.45, 2.75) is 6.54 Å². The molecule has 1 aromatic heterocycles. The van der Waals surface area contributed by atoms with E-state index < -0.39 is 0 Å². The van der Waals surface area contributed by atoms with Crippen molar-refractivity contribution in [2.24, 2.45) is 0 Å². The topological polar surface area (TPSA) is 49.8 Å². The smallest absolute Gasteiger partial charge is 0.257 e. The number of rotatable bonds is 4. The molecule has 20 heavy (non-hydrogen) atoms. The number of ether oxygens (including phenoxy) is 1. The molecule has 1 amide bonds. The number of carbonyl (C=O) groups is 1. The van der Waals surface area contributed by atoms with E-state index >= 15 is 0 Å². The summed E-state index contributed by atoms with van der Waals surface area (Å²) < 4.78 is 5.75. The Balaban J connectivity index is 2.17. The van der Waals surface area contributed by atoms with Crippen LogP contribution in [0.15, 0.2) is 30.3 Å². The largest absolute Gasteiger partial charge is 0.507 e. The number of halogens is 1. The molecule has 0 unspecified atom stereocenters. The Morgan fingerprint density at radius 1 is 1.40 bits per heavy atom. The van der Waals surface area contributed by atoms with Crippen molar-refractivity contribution in [3.05, 3.63) is 45.1 Å². The van der Waals surface area contributed by atoms with Crippen LogP contribution >= 0.6 is 22.9 Å². The van der Waals surface area contributed by atoms with E-state index in [0.29, 0.717) is 16.6 Å². The Morgan fingerprint density at radius 2 is 2.15 bits per heavy atom. The summed E-state index contributed by atoms with van der Waals surface area (Å²) in [6, 6.07) is 8.24. The third kappa shape index (κ3) is 3.23. The summed E-state index contributed by atoms with van der Waals surface area (Å²) in [6.45, 7) is 0.437. The van der Waals surface area contributed by atoms with Crippen molar-refractivity contribution in [1.29, 1.82) is 0 Å². The maximum atomic E-state index is 12.3. The SMILES string of the molecule is COc1ccc(O)c(C(=O)N(C)Cc2ccc(Cl)s2)c1. The van der Waals surface area contributed by atoms with E-state index in [9.17, 15) is 9.90 Å². The highest BCUT2D eigenvalue weighted by molar-refractivity contribution is 7.16. The third-order valence-electron chi connectivity index (χ3n) is 2.80. The molecule has 0 bridgehead atoms. The maximum Gasteiger partial charge on any atom is 0.257 e. The number of benzene rings is 1. The second-order valence-electron chi connectivity index (χ2n) is 4.25. The first-order chi connectivity index (χ1) is 9.51. The van der Waals surface area contributed by atoms with E-state index in [0.717, 1.165) is 4.88 Å². The van der Waals surface area contributed by atoms with E-state index in [1.54, 1.807) is 19.2 Å². The number of methoxy groups -OCH3 is 1. The predicted molar refractivity (Wildman–Crippen MR) is 79.8 cm³/mol. The van der Waals surface area contributed by atoms with Gasteiger partial charge < -0.3 is 14.7 Å². The molecule has 0 atom stereocenters. The zero-order valence-electron chi connectivity index (χ0n) is 11.1. The van der Waals surface area contributed by atoms with E-state index in [1.165, 1.54) is 35.5 Å². The van der Waals surface area contributed by atoms with E-state index in [1.807, 2.05) is 6.07 Å². The summed E-state index contributed by atoms with van der Waals surface area (Å²) in [7, 11) is 3.19. The number of phenolic OH excluding ortho intramolecular Hbond substituents is 1. The standard InChI is InChI=1S/C14H14ClNO3S/c1-16(8-10-4-6-13(15)20-10)14(18)11-7-9(19-2)3-5-12(11)17/h3-7,17H,8H2,1-2H3. The van der Waals surface area contributed by atoms with Gasteiger partial charge in [-0.15, -0.1) is 11.3 Å². The van der Waals surface area contributed by atoms with Crippen LogP contribution in [0.5, 0.6) is 11.5 Å². The van der Waals surface area contributed by atoms with E-state index in [4.69, 9.17) is 16.3 Å². The second kappa shape index (κ2) is 6.15. The fourth-order valence-electron chi connectivity index (χ4n) is 1.76.